The van der Waals surface area contributed by atoms with Crippen molar-refractivity contribution < 1.29 is 0 Å². The number of benzene rings is 1. The summed E-state index contributed by atoms with van der Waals surface area (Å²) in [5, 5.41) is 11.1. The number of aromatic nitrogens is 3. The van der Waals surface area contributed by atoms with Crippen molar-refractivity contribution in [2.75, 3.05) is 6.26 Å². The summed E-state index contributed by atoms with van der Waals surface area (Å²) in [6.07, 6.45) is 5.51. The molecule has 2 aromatic heterocycles. The van der Waals surface area contributed by atoms with Crippen LogP contribution in [0.2, 0.25) is 0 Å². The SMILES string of the molecule is CSc1ncc(C#N)c(-c2cn(C)c3c(Br)cccc23)n1. The Labute approximate surface area is 135 Å². The zero-order chi connectivity index (χ0) is 15.0. The van der Waals surface area contributed by atoms with Crippen molar-refractivity contribution in [1.29, 1.82) is 5.26 Å². The van der Waals surface area contributed by atoms with Gasteiger partial charge in [0.05, 0.1) is 16.8 Å². The summed E-state index contributed by atoms with van der Waals surface area (Å²) < 4.78 is 3.06. The van der Waals surface area contributed by atoms with E-state index in [0.29, 0.717) is 16.4 Å². The van der Waals surface area contributed by atoms with Crippen LogP contribution in [0.15, 0.2) is 40.2 Å². The first kappa shape index (κ1) is 14.1. The highest BCUT2D eigenvalue weighted by Crippen LogP contribution is 2.34. The van der Waals surface area contributed by atoms with E-state index in [-0.39, 0.29) is 0 Å². The molecule has 104 valence electrons. The number of rotatable bonds is 2. The van der Waals surface area contributed by atoms with Crippen molar-refractivity contribution in [2.45, 2.75) is 5.16 Å². The number of hydrogen-bond acceptors (Lipinski definition) is 4. The van der Waals surface area contributed by atoms with E-state index in [0.717, 1.165) is 20.9 Å². The molecule has 4 nitrogen and oxygen atoms in total. The molecule has 0 aliphatic heterocycles. The number of para-hydroxylation sites is 1. The molecule has 21 heavy (non-hydrogen) atoms. The molecule has 3 rings (SSSR count). The van der Waals surface area contributed by atoms with E-state index >= 15 is 0 Å². The molecule has 3 aromatic rings. The molecule has 0 radical (unpaired) electrons. The highest BCUT2D eigenvalue weighted by Gasteiger charge is 2.16. The molecule has 0 aliphatic rings. The molecule has 0 spiro atoms. The van der Waals surface area contributed by atoms with Crippen LogP contribution in [0.25, 0.3) is 22.2 Å². The van der Waals surface area contributed by atoms with E-state index in [9.17, 15) is 5.26 Å². The first-order valence-corrected chi connectivity index (χ1v) is 8.22. The molecule has 0 aliphatic carbocycles. The number of hydrogen-bond donors (Lipinski definition) is 0. The van der Waals surface area contributed by atoms with Gasteiger partial charge in [-0.25, -0.2) is 9.97 Å². The molecule has 0 unspecified atom stereocenters. The van der Waals surface area contributed by atoms with E-state index < -0.39 is 0 Å². The third kappa shape index (κ3) is 2.33. The molecule has 2 heterocycles. The summed E-state index contributed by atoms with van der Waals surface area (Å²) in [7, 11) is 1.99. The van der Waals surface area contributed by atoms with Crippen molar-refractivity contribution in [1.82, 2.24) is 14.5 Å². The van der Waals surface area contributed by atoms with Gasteiger partial charge in [0.2, 0.25) is 0 Å². The molecule has 0 saturated carbocycles. The maximum absolute atomic E-state index is 9.32. The van der Waals surface area contributed by atoms with Crippen molar-refractivity contribution in [3.05, 3.63) is 40.6 Å². The Morgan fingerprint density at radius 2 is 2.19 bits per heavy atom. The summed E-state index contributed by atoms with van der Waals surface area (Å²) in [6, 6.07) is 8.21. The van der Waals surface area contributed by atoms with Crippen LogP contribution in [0.3, 0.4) is 0 Å². The van der Waals surface area contributed by atoms with Gasteiger partial charge in [-0.05, 0) is 28.3 Å². The largest absolute Gasteiger partial charge is 0.349 e. The molecule has 0 bridgehead atoms. The number of nitriles is 1. The highest BCUT2D eigenvalue weighted by atomic mass is 79.9. The molecule has 0 fully saturated rings. The summed E-state index contributed by atoms with van der Waals surface area (Å²) >= 11 is 5.04. The van der Waals surface area contributed by atoms with Gasteiger partial charge in [-0.1, -0.05) is 23.9 Å². The summed E-state index contributed by atoms with van der Waals surface area (Å²) in [5.74, 6) is 0. The Hall–Kier alpha value is -1.84. The minimum atomic E-state index is 0.486. The summed E-state index contributed by atoms with van der Waals surface area (Å²) in [5.41, 5.74) is 3.20. The van der Waals surface area contributed by atoms with Crippen LogP contribution in [-0.4, -0.2) is 20.8 Å². The second kappa shape index (κ2) is 5.51. The minimum Gasteiger partial charge on any atom is -0.349 e. The lowest BCUT2D eigenvalue weighted by atomic mass is 10.1. The Morgan fingerprint density at radius 1 is 1.38 bits per heavy atom. The Morgan fingerprint density at radius 3 is 2.90 bits per heavy atom. The van der Waals surface area contributed by atoms with Gasteiger partial charge in [0.25, 0.3) is 0 Å². The van der Waals surface area contributed by atoms with E-state index in [4.69, 9.17) is 0 Å². The van der Waals surface area contributed by atoms with Crippen LogP contribution in [0, 0.1) is 11.3 Å². The Balaban J connectivity index is 2.36. The van der Waals surface area contributed by atoms with E-state index in [1.54, 1.807) is 6.20 Å². The van der Waals surface area contributed by atoms with Crippen LogP contribution in [0.5, 0.6) is 0 Å². The van der Waals surface area contributed by atoms with Crippen LogP contribution in [-0.2, 0) is 7.05 Å². The molecule has 0 N–H and O–H groups in total. The molecule has 0 saturated heterocycles. The smallest absolute Gasteiger partial charge is 0.187 e. The minimum absolute atomic E-state index is 0.486. The molecular formula is C15H11BrN4S. The summed E-state index contributed by atoms with van der Waals surface area (Å²) in [6.45, 7) is 0. The normalized spacial score (nSPS) is 10.8. The monoisotopic (exact) mass is 358 g/mol. The zero-order valence-electron chi connectivity index (χ0n) is 11.5. The fourth-order valence-electron chi connectivity index (χ4n) is 2.36. The van der Waals surface area contributed by atoms with Gasteiger partial charge in [0.1, 0.15) is 6.07 Å². The molecule has 1 aromatic carbocycles. The maximum atomic E-state index is 9.32. The van der Waals surface area contributed by atoms with Crippen molar-refractivity contribution in [3.8, 4) is 17.3 Å². The number of fused-ring (bicyclic) bond motifs is 1. The number of thioether (sulfide) groups is 1. The lowest BCUT2D eigenvalue weighted by molar-refractivity contribution is 0.954. The van der Waals surface area contributed by atoms with Gasteiger partial charge >= 0.3 is 0 Å². The van der Waals surface area contributed by atoms with Gasteiger partial charge < -0.3 is 4.57 Å². The van der Waals surface area contributed by atoms with Gasteiger partial charge in [-0.2, -0.15) is 5.26 Å². The number of halogens is 1. The third-order valence-electron chi connectivity index (χ3n) is 3.28. The van der Waals surface area contributed by atoms with Crippen LogP contribution < -0.4 is 0 Å². The zero-order valence-corrected chi connectivity index (χ0v) is 13.9. The quantitative estimate of drug-likeness (QED) is 0.513. The standard InChI is InChI=1S/C15H11BrN4S/c1-20-8-11(10-4-3-5-12(16)14(10)20)13-9(6-17)7-18-15(19-13)21-2/h3-5,7-8H,1-2H3. The Kier molecular flexibility index (Phi) is 3.70. The lowest BCUT2D eigenvalue weighted by Gasteiger charge is -2.03. The van der Waals surface area contributed by atoms with Crippen LogP contribution >= 0.6 is 27.7 Å². The maximum Gasteiger partial charge on any atom is 0.187 e. The average molecular weight is 359 g/mol. The van der Waals surface area contributed by atoms with E-state index in [1.165, 1.54) is 11.8 Å². The first-order chi connectivity index (χ1) is 10.2. The van der Waals surface area contributed by atoms with Crippen molar-refractivity contribution in [2.24, 2.45) is 7.05 Å². The second-order valence-corrected chi connectivity index (χ2v) is 6.15. The van der Waals surface area contributed by atoms with Gasteiger partial charge in [0, 0.05) is 34.9 Å². The predicted octanol–water partition coefficient (Wildman–Crippen LogP) is 3.99. The summed E-state index contributed by atoms with van der Waals surface area (Å²) in [4.78, 5) is 8.70. The fraction of sp³-hybridized carbons (Fsp3) is 0.133. The molecule has 0 amide bonds. The number of aryl methyl sites for hydroxylation is 1. The third-order valence-corrected chi connectivity index (χ3v) is 4.48. The van der Waals surface area contributed by atoms with Crippen molar-refractivity contribution >= 4 is 38.6 Å². The Bertz CT molecular complexity index is 879. The molecule has 0 atom stereocenters. The fourth-order valence-corrected chi connectivity index (χ4v) is 3.35. The van der Waals surface area contributed by atoms with Gasteiger partial charge in [0.15, 0.2) is 5.16 Å². The highest BCUT2D eigenvalue weighted by molar-refractivity contribution is 9.10. The van der Waals surface area contributed by atoms with E-state index in [2.05, 4.69) is 32.0 Å². The number of nitrogens with zero attached hydrogens (tertiary/aromatic N) is 4. The average Bonchev–Trinajstić information content (AvgIpc) is 2.85. The molecule has 6 heteroatoms. The van der Waals surface area contributed by atoms with Crippen molar-refractivity contribution in [3.63, 3.8) is 0 Å². The van der Waals surface area contributed by atoms with Crippen LogP contribution in [0.4, 0.5) is 0 Å². The van der Waals surface area contributed by atoms with Gasteiger partial charge in [-0.3, -0.25) is 0 Å². The first-order valence-electron chi connectivity index (χ1n) is 6.20. The predicted molar refractivity (Wildman–Crippen MR) is 88.1 cm³/mol. The molecular weight excluding hydrogens is 348 g/mol. The van der Waals surface area contributed by atoms with E-state index in [1.807, 2.05) is 42.3 Å². The van der Waals surface area contributed by atoms with Gasteiger partial charge in [-0.15, -0.1) is 0 Å². The van der Waals surface area contributed by atoms with Crippen LogP contribution in [0.1, 0.15) is 5.56 Å². The topological polar surface area (TPSA) is 54.5 Å². The lowest BCUT2D eigenvalue weighted by Crippen LogP contribution is -1.94. The second-order valence-electron chi connectivity index (χ2n) is 4.52.